The van der Waals surface area contributed by atoms with Gasteiger partial charge in [-0.2, -0.15) is 0 Å². The summed E-state index contributed by atoms with van der Waals surface area (Å²) < 4.78 is 5.89. The van der Waals surface area contributed by atoms with Gasteiger partial charge in [-0.3, -0.25) is 4.79 Å². The van der Waals surface area contributed by atoms with Gasteiger partial charge in [-0.25, -0.2) is 0 Å². The number of halogens is 2. The first-order valence-corrected chi connectivity index (χ1v) is 8.09. The lowest BCUT2D eigenvalue weighted by atomic mass is 10.1. The second-order valence-electron chi connectivity index (χ2n) is 5.42. The van der Waals surface area contributed by atoms with Gasteiger partial charge in [-0.15, -0.1) is 0 Å². The van der Waals surface area contributed by atoms with Crippen molar-refractivity contribution in [3.63, 3.8) is 0 Å². The van der Waals surface area contributed by atoms with E-state index in [1.54, 1.807) is 24.3 Å². The third-order valence-electron chi connectivity index (χ3n) is 3.85. The molecule has 0 bridgehead atoms. The van der Waals surface area contributed by atoms with E-state index in [2.05, 4.69) is 10.6 Å². The first kappa shape index (κ1) is 15.1. The SMILES string of the molecule is O=C1N[C@H](c2ccc(-c3ccc(Cl)cc3Cl)o2)Nc2ccccc21. The van der Waals surface area contributed by atoms with Gasteiger partial charge in [0.05, 0.1) is 10.6 Å². The zero-order valence-electron chi connectivity index (χ0n) is 12.3. The highest BCUT2D eigenvalue weighted by molar-refractivity contribution is 6.36. The van der Waals surface area contributed by atoms with Crippen molar-refractivity contribution < 1.29 is 9.21 Å². The average Bonchev–Trinajstić information content (AvgIpc) is 3.04. The van der Waals surface area contributed by atoms with Crippen molar-refractivity contribution in [3.05, 3.63) is 76.0 Å². The number of hydrogen-bond acceptors (Lipinski definition) is 3. The van der Waals surface area contributed by atoms with Gasteiger partial charge in [-0.05, 0) is 42.5 Å². The van der Waals surface area contributed by atoms with Gasteiger partial charge in [-0.1, -0.05) is 35.3 Å². The molecule has 2 aromatic carbocycles. The molecule has 0 spiro atoms. The third-order valence-corrected chi connectivity index (χ3v) is 4.40. The van der Waals surface area contributed by atoms with Crippen molar-refractivity contribution in [1.29, 1.82) is 0 Å². The molecule has 3 aromatic rings. The number of hydrogen-bond donors (Lipinski definition) is 2. The standard InChI is InChI=1S/C18H12Cl2N2O2/c19-10-5-6-11(13(20)9-10)15-7-8-16(24-15)17-21-14-4-2-1-3-12(14)18(23)22-17/h1-9,17,21H,(H,22,23)/t17-/m1/s1. The van der Waals surface area contributed by atoms with Crippen molar-refractivity contribution in [1.82, 2.24) is 5.32 Å². The Labute approximate surface area is 148 Å². The molecule has 4 rings (SSSR count). The highest BCUT2D eigenvalue weighted by atomic mass is 35.5. The summed E-state index contributed by atoms with van der Waals surface area (Å²) >= 11 is 12.1. The maximum absolute atomic E-state index is 12.2. The van der Waals surface area contributed by atoms with Gasteiger partial charge in [0.25, 0.3) is 5.91 Å². The maximum atomic E-state index is 12.2. The Morgan fingerprint density at radius 3 is 2.58 bits per heavy atom. The molecule has 0 aliphatic carbocycles. The molecular weight excluding hydrogens is 347 g/mol. The topological polar surface area (TPSA) is 54.3 Å². The van der Waals surface area contributed by atoms with Crippen molar-refractivity contribution in [2.45, 2.75) is 6.17 Å². The predicted octanol–water partition coefficient (Wildman–Crippen LogP) is 5.11. The normalized spacial score (nSPS) is 16.2. The van der Waals surface area contributed by atoms with Gasteiger partial charge in [0, 0.05) is 16.3 Å². The number of nitrogens with one attached hydrogen (secondary N) is 2. The molecule has 1 amide bonds. The number of carbonyl (C=O) groups excluding carboxylic acids is 1. The minimum Gasteiger partial charge on any atom is -0.457 e. The Kier molecular flexibility index (Phi) is 3.71. The van der Waals surface area contributed by atoms with Gasteiger partial charge in [0.2, 0.25) is 0 Å². The molecule has 1 atom stereocenters. The predicted molar refractivity (Wildman–Crippen MR) is 94.4 cm³/mol. The number of carbonyl (C=O) groups is 1. The molecule has 0 radical (unpaired) electrons. The summed E-state index contributed by atoms with van der Waals surface area (Å²) in [5.41, 5.74) is 2.13. The summed E-state index contributed by atoms with van der Waals surface area (Å²) in [4.78, 5) is 12.2. The van der Waals surface area contributed by atoms with Gasteiger partial charge in [0.1, 0.15) is 11.5 Å². The lowest BCUT2D eigenvalue weighted by Gasteiger charge is -2.26. The van der Waals surface area contributed by atoms with E-state index in [0.717, 1.165) is 11.3 Å². The van der Waals surface area contributed by atoms with Crippen LogP contribution in [-0.4, -0.2) is 5.91 Å². The first-order chi connectivity index (χ1) is 11.6. The number of para-hydroxylation sites is 1. The van der Waals surface area contributed by atoms with Crippen molar-refractivity contribution in [2.75, 3.05) is 5.32 Å². The molecule has 120 valence electrons. The zero-order chi connectivity index (χ0) is 16.7. The molecule has 1 aromatic heterocycles. The van der Waals surface area contributed by atoms with Gasteiger partial charge < -0.3 is 15.1 Å². The third kappa shape index (κ3) is 2.64. The molecule has 0 fully saturated rings. The number of anilines is 1. The van der Waals surface area contributed by atoms with Crippen molar-refractivity contribution in [3.8, 4) is 11.3 Å². The molecule has 24 heavy (non-hydrogen) atoms. The molecular formula is C18H12Cl2N2O2. The van der Waals surface area contributed by atoms with Crippen LogP contribution in [0.5, 0.6) is 0 Å². The van der Waals surface area contributed by atoms with Crippen LogP contribution >= 0.6 is 23.2 Å². The fraction of sp³-hybridized carbons (Fsp3) is 0.0556. The van der Waals surface area contributed by atoms with Crippen LogP contribution in [0, 0.1) is 0 Å². The number of amides is 1. The summed E-state index contributed by atoms with van der Waals surface area (Å²) in [5, 5.41) is 7.20. The lowest BCUT2D eigenvalue weighted by Crippen LogP contribution is -2.38. The molecule has 0 saturated carbocycles. The van der Waals surface area contributed by atoms with Crippen LogP contribution in [0.3, 0.4) is 0 Å². The second kappa shape index (κ2) is 5.89. The van der Waals surface area contributed by atoms with Gasteiger partial charge >= 0.3 is 0 Å². The molecule has 6 heteroatoms. The van der Waals surface area contributed by atoms with E-state index >= 15 is 0 Å². The Bertz CT molecular complexity index is 936. The fourth-order valence-electron chi connectivity index (χ4n) is 2.69. The monoisotopic (exact) mass is 358 g/mol. The van der Waals surface area contributed by atoms with E-state index in [9.17, 15) is 4.79 Å². The van der Waals surface area contributed by atoms with Crippen molar-refractivity contribution in [2.24, 2.45) is 0 Å². The van der Waals surface area contributed by atoms with Crippen LogP contribution in [0.4, 0.5) is 5.69 Å². The smallest absolute Gasteiger partial charge is 0.255 e. The number of fused-ring (bicyclic) bond motifs is 1. The van der Waals surface area contributed by atoms with E-state index in [0.29, 0.717) is 27.1 Å². The van der Waals surface area contributed by atoms with Crippen LogP contribution in [0.2, 0.25) is 10.0 Å². The average molecular weight is 359 g/mol. The summed E-state index contributed by atoms with van der Waals surface area (Å²) in [5.74, 6) is 1.07. The van der Waals surface area contributed by atoms with Crippen LogP contribution in [0.1, 0.15) is 22.3 Å². The first-order valence-electron chi connectivity index (χ1n) is 7.33. The fourth-order valence-corrected chi connectivity index (χ4v) is 3.19. The van der Waals surface area contributed by atoms with E-state index < -0.39 is 6.17 Å². The largest absolute Gasteiger partial charge is 0.457 e. The zero-order valence-corrected chi connectivity index (χ0v) is 13.9. The van der Waals surface area contributed by atoms with Crippen LogP contribution in [0.25, 0.3) is 11.3 Å². The van der Waals surface area contributed by atoms with E-state index in [-0.39, 0.29) is 5.91 Å². The summed E-state index contributed by atoms with van der Waals surface area (Å²) in [7, 11) is 0. The van der Waals surface area contributed by atoms with Crippen LogP contribution < -0.4 is 10.6 Å². The summed E-state index contributed by atoms with van der Waals surface area (Å²) in [6.07, 6.45) is -0.438. The number of furan rings is 1. The number of benzene rings is 2. The quantitative estimate of drug-likeness (QED) is 0.669. The Morgan fingerprint density at radius 2 is 1.75 bits per heavy atom. The summed E-state index contributed by atoms with van der Waals surface area (Å²) in [6, 6.07) is 16.2. The molecule has 1 aliphatic rings. The molecule has 1 aliphatic heterocycles. The van der Waals surface area contributed by atoms with Gasteiger partial charge in [0.15, 0.2) is 6.17 Å². The molecule has 2 N–H and O–H groups in total. The maximum Gasteiger partial charge on any atom is 0.255 e. The van der Waals surface area contributed by atoms with Crippen molar-refractivity contribution >= 4 is 34.8 Å². The molecule has 2 heterocycles. The van der Waals surface area contributed by atoms with Crippen LogP contribution in [0.15, 0.2) is 59.0 Å². The minimum absolute atomic E-state index is 0.142. The molecule has 0 unspecified atom stereocenters. The Balaban J connectivity index is 1.65. The van der Waals surface area contributed by atoms with E-state index in [1.807, 2.05) is 30.3 Å². The molecule has 0 saturated heterocycles. The highest BCUT2D eigenvalue weighted by Crippen LogP contribution is 2.34. The molecule has 4 nitrogen and oxygen atoms in total. The van der Waals surface area contributed by atoms with E-state index in [4.69, 9.17) is 27.6 Å². The number of rotatable bonds is 2. The van der Waals surface area contributed by atoms with Crippen LogP contribution in [-0.2, 0) is 0 Å². The minimum atomic E-state index is -0.438. The summed E-state index contributed by atoms with van der Waals surface area (Å²) in [6.45, 7) is 0. The van der Waals surface area contributed by atoms with E-state index in [1.165, 1.54) is 0 Å². The lowest BCUT2D eigenvalue weighted by molar-refractivity contribution is 0.0931. The Hall–Kier alpha value is -2.43. The Morgan fingerprint density at radius 1 is 0.917 bits per heavy atom. The highest BCUT2D eigenvalue weighted by Gasteiger charge is 2.26. The second-order valence-corrected chi connectivity index (χ2v) is 6.27.